The van der Waals surface area contributed by atoms with Gasteiger partial charge in [0, 0.05) is 36.1 Å². The number of nitrogens with zero attached hydrogens (tertiary/aromatic N) is 6. The van der Waals surface area contributed by atoms with Crippen LogP contribution in [0, 0.1) is 5.92 Å². The van der Waals surface area contributed by atoms with E-state index in [0.717, 1.165) is 16.3 Å². The lowest BCUT2D eigenvalue weighted by atomic mass is 9.97. The van der Waals surface area contributed by atoms with Crippen molar-refractivity contribution in [2.24, 2.45) is 5.92 Å². The second kappa shape index (κ2) is 19.3. The smallest absolute Gasteiger partial charge is 0.472 e. The van der Waals surface area contributed by atoms with Gasteiger partial charge in [-0.3, -0.25) is 32.3 Å². The predicted octanol–water partition coefficient (Wildman–Crippen LogP) is 0.375. The van der Waals surface area contributed by atoms with E-state index in [1.807, 2.05) is 0 Å². The Morgan fingerprint density at radius 3 is 2.47 bits per heavy atom. The minimum Gasteiger partial charge on any atom is -0.480 e. The summed E-state index contributed by atoms with van der Waals surface area (Å²) in [5.74, 6) is -3.10. The van der Waals surface area contributed by atoms with Crippen LogP contribution in [0.3, 0.4) is 0 Å². The molecule has 2 saturated heterocycles. The van der Waals surface area contributed by atoms with Gasteiger partial charge in [-0.25, -0.2) is 33.7 Å². The van der Waals surface area contributed by atoms with Gasteiger partial charge in [0.25, 0.3) is 0 Å². The Hall–Kier alpha value is -4.17. The van der Waals surface area contributed by atoms with E-state index in [9.17, 15) is 53.2 Å². The third kappa shape index (κ3) is 12.7. The van der Waals surface area contributed by atoms with Crippen molar-refractivity contribution in [2.45, 2.75) is 94.1 Å². The van der Waals surface area contributed by atoms with Gasteiger partial charge in [-0.05, 0) is 12.5 Å². The Labute approximate surface area is 344 Å². The Morgan fingerprint density at radius 1 is 1.08 bits per heavy atom. The monoisotopic (exact) mass is 905 g/mol. The zero-order valence-corrected chi connectivity index (χ0v) is 34.8. The molecular weight excluding hydrogens is 860 g/mol. The van der Waals surface area contributed by atoms with Gasteiger partial charge >= 0.3 is 27.3 Å². The summed E-state index contributed by atoms with van der Waals surface area (Å²) in [4.78, 5) is 94.6. The lowest BCUT2D eigenvalue weighted by Crippen LogP contribution is -2.42. The molecule has 3 aromatic heterocycles. The van der Waals surface area contributed by atoms with Crippen LogP contribution in [-0.2, 0) is 46.6 Å². The molecule has 0 aromatic carbocycles. The highest BCUT2D eigenvalue weighted by Gasteiger charge is 2.47. The summed E-state index contributed by atoms with van der Waals surface area (Å²) in [6.45, 7) is 3.84. The van der Waals surface area contributed by atoms with Crippen molar-refractivity contribution in [3.8, 4) is 0 Å². The molecule has 2 unspecified atom stereocenters. The molecule has 3 aromatic rings. The van der Waals surface area contributed by atoms with Crippen molar-refractivity contribution in [1.29, 1.82) is 0 Å². The molecular formula is C32H45N9O16P2S. The highest BCUT2D eigenvalue weighted by Crippen LogP contribution is 2.50. The average molecular weight is 906 g/mol. The van der Waals surface area contributed by atoms with Crippen molar-refractivity contribution >= 4 is 67.2 Å². The first-order valence-electron chi connectivity index (χ1n) is 18.0. The number of hydrogen-bond donors (Lipinski definition) is 8. The van der Waals surface area contributed by atoms with E-state index in [4.69, 9.17) is 30.0 Å². The number of carboxylic acid groups (broad SMARTS) is 1. The number of amides is 1. The second-order valence-corrected chi connectivity index (χ2v) is 19.1. The van der Waals surface area contributed by atoms with Crippen LogP contribution in [0.5, 0.6) is 0 Å². The van der Waals surface area contributed by atoms with E-state index in [1.54, 1.807) is 20.8 Å². The fraction of sp³-hybridized carbons (Fsp3) is 0.562. The molecule has 9 atom stereocenters. The minimum atomic E-state index is -5.12. The molecule has 10 N–H and O–H groups in total. The average Bonchev–Trinajstić information content (AvgIpc) is 3.82. The summed E-state index contributed by atoms with van der Waals surface area (Å²) in [7, 11) is -10.2. The van der Waals surface area contributed by atoms with Crippen LogP contribution >= 0.6 is 27.4 Å². The standard InChI is InChI=1S/C32H45N9O16P2S/c1-32(2,3)60-24(43)10-17(30(45)46)38-22(42)7-5-4-6-16-19(56-29(26(16)44)41-15-37-25-27(34)35-14-36-28(25)41)12-54-59(51,52)57-18-11-23(40-9-8-21(33)39-31(40)47)55-20(18)13-53-58(48,49)50/h4,6,8-9,14-20,23,26,29,44H,5,7,10-13H2,1-3H3,(H,38,42)(H,45,46)(H,51,52)(H2,33,39,47)(H2,34,35,36)(H2,48,49,50)/t16-,17?,18+,19+,20-,23-,26-,29-/m1/s1. The minimum absolute atomic E-state index is 0.0250. The van der Waals surface area contributed by atoms with Gasteiger partial charge in [0.05, 0.1) is 25.6 Å². The van der Waals surface area contributed by atoms with Gasteiger partial charge in [0.15, 0.2) is 22.8 Å². The van der Waals surface area contributed by atoms with Gasteiger partial charge in [0.1, 0.15) is 48.2 Å². The molecule has 2 aliphatic rings. The van der Waals surface area contributed by atoms with Crippen molar-refractivity contribution in [1.82, 2.24) is 34.4 Å². The van der Waals surface area contributed by atoms with Crippen molar-refractivity contribution in [3.63, 3.8) is 0 Å². The number of aliphatic hydroxyl groups is 1. The maximum Gasteiger partial charge on any atom is 0.472 e. The molecule has 1 amide bonds. The van der Waals surface area contributed by atoms with E-state index < -0.39 is 112 Å². The van der Waals surface area contributed by atoms with E-state index in [1.165, 1.54) is 41.6 Å². The maximum atomic E-state index is 13.4. The Bertz CT molecular complexity index is 2230. The van der Waals surface area contributed by atoms with Crippen LogP contribution in [0.25, 0.3) is 11.2 Å². The van der Waals surface area contributed by atoms with Crippen LogP contribution in [0.4, 0.5) is 11.6 Å². The predicted molar refractivity (Wildman–Crippen MR) is 208 cm³/mol. The first kappa shape index (κ1) is 46.9. The summed E-state index contributed by atoms with van der Waals surface area (Å²) in [5.41, 5.74) is 11.0. The molecule has 60 heavy (non-hydrogen) atoms. The summed E-state index contributed by atoms with van der Waals surface area (Å²) in [6, 6.07) is -0.172. The number of ether oxygens (including phenoxy) is 2. The molecule has 0 radical (unpaired) electrons. The van der Waals surface area contributed by atoms with Crippen LogP contribution in [0.15, 0.2) is 41.9 Å². The number of nitrogens with two attached hydrogens (primary N) is 2. The molecule has 2 aliphatic heterocycles. The Morgan fingerprint density at radius 2 is 1.80 bits per heavy atom. The molecule has 0 bridgehead atoms. The molecule has 330 valence electrons. The highest BCUT2D eigenvalue weighted by molar-refractivity contribution is 8.14. The topological polar surface area (TPSA) is 375 Å². The number of fused-ring (bicyclic) bond motifs is 1. The van der Waals surface area contributed by atoms with Gasteiger partial charge < -0.3 is 51.2 Å². The molecule has 0 saturated carbocycles. The van der Waals surface area contributed by atoms with Gasteiger partial charge in [-0.15, -0.1) is 0 Å². The fourth-order valence-corrected chi connectivity index (χ4v) is 8.47. The number of phosphoric acid groups is 2. The molecule has 25 nitrogen and oxygen atoms in total. The first-order chi connectivity index (χ1) is 28.0. The molecule has 0 spiro atoms. The first-order valence-corrected chi connectivity index (χ1v) is 21.9. The third-order valence-electron chi connectivity index (χ3n) is 8.83. The number of nitrogens with one attached hydrogen (secondary N) is 1. The largest absolute Gasteiger partial charge is 0.480 e. The van der Waals surface area contributed by atoms with Gasteiger partial charge in [-0.2, -0.15) is 4.98 Å². The van der Waals surface area contributed by atoms with E-state index in [0.29, 0.717) is 0 Å². The quantitative estimate of drug-likeness (QED) is 0.0631. The zero-order chi connectivity index (χ0) is 44.2. The number of allylic oxidation sites excluding steroid dienone is 1. The van der Waals surface area contributed by atoms with E-state index >= 15 is 0 Å². The van der Waals surface area contributed by atoms with E-state index in [-0.39, 0.29) is 42.1 Å². The molecule has 28 heteroatoms. The van der Waals surface area contributed by atoms with Crippen LogP contribution in [0.1, 0.15) is 58.9 Å². The number of aromatic nitrogens is 6. The number of hydrogen-bond acceptors (Lipinski definition) is 19. The number of carboxylic acids is 1. The fourth-order valence-electron chi connectivity index (χ4n) is 6.24. The lowest BCUT2D eigenvalue weighted by molar-refractivity contribution is -0.142. The van der Waals surface area contributed by atoms with Crippen molar-refractivity contribution in [2.75, 3.05) is 24.7 Å². The van der Waals surface area contributed by atoms with Crippen LogP contribution in [0.2, 0.25) is 0 Å². The summed E-state index contributed by atoms with van der Waals surface area (Å²) < 4.78 is 53.8. The highest BCUT2D eigenvalue weighted by atomic mass is 32.2. The number of aliphatic hydroxyl groups excluding tert-OH is 1. The molecule has 2 fully saturated rings. The number of carbonyl (C=O) groups excluding carboxylic acids is 2. The molecule has 5 rings (SSSR count). The van der Waals surface area contributed by atoms with Crippen LogP contribution < -0.4 is 22.5 Å². The number of thioether (sulfide) groups is 1. The lowest BCUT2D eigenvalue weighted by Gasteiger charge is -2.23. The second-order valence-electron chi connectivity index (χ2n) is 14.5. The zero-order valence-electron chi connectivity index (χ0n) is 32.2. The number of aliphatic carboxylic acids is 1. The van der Waals surface area contributed by atoms with Crippen molar-refractivity contribution < 1.29 is 71.5 Å². The summed E-state index contributed by atoms with van der Waals surface area (Å²) in [5, 5.41) is 23.1. The van der Waals surface area contributed by atoms with Gasteiger partial charge in [0.2, 0.25) is 5.91 Å². The third-order valence-corrected chi connectivity index (χ3v) is 11.3. The molecule has 5 heterocycles. The molecule has 0 aliphatic carbocycles. The van der Waals surface area contributed by atoms with Crippen LogP contribution in [-0.4, -0.2) is 119 Å². The number of anilines is 2. The van der Waals surface area contributed by atoms with Gasteiger partial charge in [-0.1, -0.05) is 44.7 Å². The number of carbonyl (C=O) groups is 3. The Kier molecular flexibility index (Phi) is 15.0. The number of nitrogen functional groups attached to an aromatic ring is 2. The normalized spacial score (nSPS) is 25.1. The maximum absolute atomic E-state index is 13.4. The Balaban J connectivity index is 1.29. The summed E-state index contributed by atoms with van der Waals surface area (Å²) >= 11 is 0.958. The SMILES string of the molecule is CC(C)(C)SC(=O)CC(NC(=O)CCC=C[C@H]1[C@@H](O)[C@H](n2cnc3c(N)ncnc32)O[C@H]1COP(=O)(O)O[C@H]1C[C@H](n2ccc(N)nc2=O)O[C@@H]1COP(=O)(O)O)C(=O)O. The number of phosphoric ester groups is 2. The number of imidazole rings is 1. The summed E-state index contributed by atoms with van der Waals surface area (Å²) in [6.07, 6.45) is -2.12. The van der Waals surface area contributed by atoms with Crippen molar-refractivity contribution in [3.05, 3.63) is 47.6 Å². The van der Waals surface area contributed by atoms with E-state index in [2.05, 4.69) is 29.8 Å². The number of rotatable bonds is 18.